The number of hydrogen-bond acceptors (Lipinski definition) is 5. The van der Waals surface area contributed by atoms with E-state index in [1.54, 1.807) is 28.6 Å². The van der Waals surface area contributed by atoms with Gasteiger partial charge in [-0.3, -0.25) is 14.4 Å². The smallest absolute Gasteiger partial charge is 0.266 e. The van der Waals surface area contributed by atoms with E-state index in [1.165, 1.54) is 6.07 Å². The highest BCUT2D eigenvalue weighted by Gasteiger charge is 2.31. The number of rotatable bonds is 8. The van der Waals surface area contributed by atoms with E-state index in [9.17, 15) is 9.00 Å². The lowest BCUT2D eigenvalue weighted by molar-refractivity contribution is -0.0980. The molecule has 1 saturated carbocycles. The molecule has 2 aliphatic heterocycles. The number of carbonyl (C=O) groups is 2. The minimum Gasteiger partial charge on any atom is -0.490 e. The predicted octanol–water partition coefficient (Wildman–Crippen LogP) is 4.88. The normalized spacial score (nSPS) is 19.3. The van der Waals surface area contributed by atoms with Crippen molar-refractivity contribution < 1.29 is 22.9 Å². The van der Waals surface area contributed by atoms with E-state index in [0.29, 0.717) is 41.3 Å². The van der Waals surface area contributed by atoms with E-state index in [0.717, 1.165) is 56.3 Å². The van der Waals surface area contributed by atoms with E-state index in [4.69, 9.17) is 32.7 Å². The Hall–Kier alpha value is -2.04. The van der Waals surface area contributed by atoms with Gasteiger partial charge in [0.1, 0.15) is 24.5 Å². The summed E-state index contributed by atoms with van der Waals surface area (Å²) in [6.45, 7) is 5.62. The maximum atomic E-state index is 15.0. The van der Waals surface area contributed by atoms with Crippen LogP contribution < -0.4 is 9.46 Å². The molecule has 2 heterocycles. The first kappa shape index (κ1) is 28.0. The van der Waals surface area contributed by atoms with Gasteiger partial charge in [-0.2, -0.15) is 0 Å². The number of ether oxygens (including phenoxy) is 1. The zero-order valence-electron chi connectivity index (χ0n) is 20.4. The van der Waals surface area contributed by atoms with Crippen molar-refractivity contribution in [3.8, 4) is 5.75 Å². The maximum Gasteiger partial charge on any atom is 0.266 e. The molecule has 1 N–H and O–H groups in total. The summed E-state index contributed by atoms with van der Waals surface area (Å²) in [5.74, 6) is -0.173. The van der Waals surface area contributed by atoms with Gasteiger partial charge in [0, 0.05) is 42.8 Å². The summed E-state index contributed by atoms with van der Waals surface area (Å²) in [6, 6.07) is 8.37. The minimum absolute atomic E-state index is 0.0307. The summed E-state index contributed by atoms with van der Waals surface area (Å²) in [5, 5.41) is 1.09. The van der Waals surface area contributed by atoms with Crippen LogP contribution in [-0.4, -0.2) is 58.4 Å². The number of halogens is 3. The molecule has 1 amide bonds. The number of carbonyl (C=O) groups excluding carboxylic acids is 2. The van der Waals surface area contributed by atoms with Crippen molar-refractivity contribution in [1.82, 2.24) is 13.9 Å². The number of likely N-dealkylation sites (tertiary alicyclic amines) is 1. The average molecular weight is 571 g/mol. The molecule has 1 atom stereocenters. The van der Waals surface area contributed by atoms with Gasteiger partial charge in [-0.15, -0.1) is 0 Å². The van der Waals surface area contributed by atoms with Gasteiger partial charge in [-0.25, -0.2) is 12.9 Å². The lowest BCUT2D eigenvalue weighted by Gasteiger charge is -2.32. The van der Waals surface area contributed by atoms with Crippen LogP contribution >= 0.6 is 23.2 Å². The van der Waals surface area contributed by atoms with Gasteiger partial charge in [-0.1, -0.05) is 23.2 Å². The second-order valence-corrected chi connectivity index (χ2v) is 11.6. The Morgan fingerprint density at radius 2 is 1.68 bits per heavy atom. The van der Waals surface area contributed by atoms with Crippen molar-refractivity contribution in [3.05, 3.63) is 62.9 Å². The van der Waals surface area contributed by atoms with Crippen molar-refractivity contribution in [2.45, 2.75) is 50.7 Å². The molecule has 0 radical (unpaired) electrons. The Morgan fingerprint density at radius 3 is 2.24 bits per heavy atom. The third-order valence-electron chi connectivity index (χ3n) is 6.79. The molecule has 5 rings (SSSR count). The van der Waals surface area contributed by atoms with Gasteiger partial charge < -0.3 is 9.53 Å². The third kappa shape index (κ3) is 7.29. The Kier molecular flexibility index (Phi) is 9.58. The summed E-state index contributed by atoms with van der Waals surface area (Å²) in [6.07, 6.45) is 4.78. The molecule has 1 aliphatic carbocycles. The fourth-order valence-corrected chi connectivity index (χ4v) is 6.08. The van der Waals surface area contributed by atoms with Crippen molar-refractivity contribution in [2.75, 3.05) is 26.2 Å². The lowest BCUT2D eigenvalue weighted by Crippen LogP contribution is -2.45. The van der Waals surface area contributed by atoms with Gasteiger partial charge in [0.2, 0.25) is 0 Å². The molecule has 2 aromatic rings. The minimum atomic E-state index is -1.62. The molecular weight excluding hydrogens is 540 g/mol. The van der Waals surface area contributed by atoms with Crippen LogP contribution in [0.25, 0.3) is 0 Å². The Morgan fingerprint density at radius 1 is 1.03 bits per heavy atom. The van der Waals surface area contributed by atoms with Crippen molar-refractivity contribution in [3.63, 3.8) is 0 Å². The van der Waals surface area contributed by atoms with Crippen LogP contribution in [0.1, 0.15) is 59.5 Å². The quantitative estimate of drug-likeness (QED) is 0.490. The van der Waals surface area contributed by atoms with E-state index in [2.05, 4.69) is 9.62 Å². The standard InChI is InChI=1S/C25H28Cl2FN3O3S.CH2O/c26-18-11-19(27)13-21(12-18)34-20-4-8-30(9-5-20)15-17-10-24(28)23(14-22(17)16-2-3-16)25(32)29-35(33)31-6-1-7-31;1-2/h10-14,16,20H,1-9,15H2,(H,29,32);1H2. The lowest BCUT2D eigenvalue weighted by atomic mass is 9.97. The van der Waals surface area contributed by atoms with Crippen LogP contribution in [0, 0.1) is 5.82 Å². The number of piperidine rings is 1. The van der Waals surface area contributed by atoms with Crippen molar-refractivity contribution >= 4 is 47.1 Å². The Bertz CT molecular complexity index is 1130. The summed E-state index contributed by atoms with van der Waals surface area (Å²) in [4.78, 5) is 22.9. The Balaban J connectivity index is 0.00000156. The molecule has 0 bridgehead atoms. The Labute approximate surface area is 229 Å². The molecular formula is C26H30Cl2FN3O4S. The molecule has 0 spiro atoms. The van der Waals surface area contributed by atoms with Crippen molar-refractivity contribution in [1.29, 1.82) is 0 Å². The number of nitrogens with one attached hydrogen (secondary N) is 1. The van der Waals surface area contributed by atoms with Gasteiger partial charge in [0.25, 0.3) is 5.91 Å². The number of nitrogens with zero attached hydrogens (tertiary/aromatic N) is 2. The monoisotopic (exact) mass is 569 g/mol. The molecule has 0 aromatic heterocycles. The van der Waals surface area contributed by atoms with Crippen molar-refractivity contribution in [2.24, 2.45) is 0 Å². The van der Waals surface area contributed by atoms with Gasteiger partial charge >= 0.3 is 0 Å². The van der Waals surface area contributed by atoms with Crippen LogP contribution in [-0.2, 0) is 22.5 Å². The van der Waals surface area contributed by atoms with Gasteiger partial charge in [0.15, 0.2) is 11.2 Å². The van der Waals surface area contributed by atoms with Crippen LogP contribution in [0.15, 0.2) is 30.3 Å². The van der Waals surface area contributed by atoms with E-state index in [1.807, 2.05) is 6.79 Å². The fraction of sp³-hybridized carbons (Fsp3) is 0.462. The second-order valence-electron chi connectivity index (χ2n) is 9.47. The molecule has 3 fully saturated rings. The third-order valence-corrected chi connectivity index (χ3v) is 8.42. The summed E-state index contributed by atoms with van der Waals surface area (Å²) in [5.41, 5.74) is 1.92. The highest BCUT2D eigenvalue weighted by molar-refractivity contribution is 7.81. The first-order chi connectivity index (χ1) is 17.9. The van der Waals surface area contributed by atoms with Crippen LogP contribution in [0.2, 0.25) is 10.0 Å². The number of benzene rings is 2. The van der Waals surface area contributed by atoms with Gasteiger partial charge in [0.05, 0.1) is 5.56 Å². The number of amides is 1. The van der Waals surface area contributed by atoms with Crippen LogP contribution in [0.4, 0.5) is 4.39 Å². The van der Waals surface area contributed by atoms with Crippen LogP contribution in [0.3, 0.4) is 0 Å². The van der Waals surface area contributed by atoms with E-state index in [-0.39, 0.29) is 11.7 Å². The second kappa shape index (κ2) is 12.7. The maximum absolute atomic E-state index is 15.0. The predicted molar refractivity (Wildman–Crippen MR) is 143 cm³/mol. The molecule has 2 saturated heterocycles. The SMILES string of the molecule is C=O.O=C(NS(=O)N1CCC1)c1cc(C2CC2)c(CN2CCC(Oc3cc(Cl)cc(Cl)c3)CC2)cc1F. The van der Waals surface area contributed by atoms with Gasteiger partial charge in [-0.05, 0) is 79.5 Å². The molecule has 2 aromatic carbocycles. The zero-order chi connectivity index (χ0) is 26.5. The highest BCUT2D eigenvalue weighted by Crippen LogP contribution is 2.43. The van der Waals surface area contributed by atoms with E-state index >= 15 is 4.39 Å². The molecule has 7 nitrogen and oxygen atoms in total. The molecule has 37 heavy (non-hydrogen) atoms. The number of hydrogen-bond donors (Lipinski definition) is 1. The fourth-order valence-electron chi connectivity index (χ4n) is 4.58. The highest BCUT2D eigenvalue weighted by atomic mass is 35.5. The first-order valence-electron chi connectivity index (χ1n) is 12.3. The molecule has 200 valence electrons. The molecule has 11 heteroatoms. The summed E-state index contributed by atoms with van der Waals surface area (Å²) in [7, 11) is 0. The largest absolute Gasteiger partial charge is 0.490 e. The van der Waals surface area contributed by atoms with E-state index < -0.39 is 22.9 Å². The average Bonchev–Trinajstić information content (AvgIpc) is 3.65. The topological polar surface area (TPSA) is 79.0 Å². The first-order valence-corrected chi connectivity index (χ1v) is 14.2. The molecule has 1 unspecified atom stereocenters. The summed E-state index contributed by atoms with van der Waals surface area (Å²) < 4.78 is 37.4. The van der Waals surface area contributed by atoms with Crippen LogP contribution in [0.5, 0.6) is 5.75 Å². The molecule has 3 aliphatic rings. The summed E-state index contributed by atoms with van der Waals surface area (Å²) >= 11 is 10.5. The zero-order valence-corrected chi connectivity index (χ0v) is 22.7.